The van der Waals surface area contributed by atoms with Gasteiger partial charge in [0.2, 0.25) is 0 Å². The van der Waals surface area contributed by atoms with Gasteiger partial charge < -0.3 is 15.4 Å². The molecule has 0 radical (unpaired) electrons. The van der Waals surface area contributed by atoms with Crippen LogP contribution >= 0.6 is 24.0 Å². The molecule has 7 nitrogen and oxygen atoms in total. The molecule has 1 aromatic heterocycles. The second-order valence-electron chi connectivity index (χ2n) is 8.13. The van der Waals surface area contributed by atoms with Gasteiger partial charge >= 0.3 is 0 Å². The number of halogens is 1. The summed E-state index contributed by atoms with van der Waals surface area (Å²) in [7, 11) is 0. The summed E-state index contributed by atoms with van der Waals surface area (Å²) in [6.07, 6.45) is 4.06. The average molecular weight is 560 g/mol. The molecule has 1 saturated heterocycles. The van der Waals surface area contributed by atoms with Gasteiger partial charge in [0, 0.05) is 31.3 Å². The zero-order valence-corrected chi connectivity index (χ0v) is 21.6. The molecule has 2 aromatic carbocycles. The molecule has 0 aliphatic carbocycles. The Morgan fingerprint density at radius 1 is 1.12 bits per heavy atom. The Morgan fingerprint density at radius 3 is 2.67 bits per heavy atom. The van der Waals surface area contributed by atoms with Crippen LogP contribution in [0.2, 0.25) is 0 Å². The van der Waals surface area contributed by atoms with Crippen molar-refractivity contribution in [3.05, 3.63) is 77.9 Å². The van der Waals surface area contributed by atoms with E-state index in [0.717, 1.165) is 50.0 Å². The van der Waals surface area contributed by atoms with Crippen LogP contribution in [0.4, 0.5) is 0 Å². The molecule has 3 aromatic rings. The molecule has 1 fully saturated rings. The lowest BCUT2D eigenvalue weighted by atomic mass is 9.89. The molecule has 0 spiro atoms. The van der Waals surface area contributed by atoms with Crippen LogP contribution in [0.15, 0.2) is 65.9 Å². The first-order valence-electron chi connectivity index (χ1n) is 11.4. The van der Waals surface area contributed by atoms with Gasteiger partial charge in [0.25, 0.3) is 0 Å². The van der Waals surface area contributed by atoms with Gasteiger partial charge in [0.05, 0.1) is 6.10 Å². The lowest BCUT2D eigenvalue weighted by Gasteiger charge is -2.32. The third-order valence-corrected chi connectivity index (χ3v) is 5.76. The van der Waals surface area contributed by atoms with Crippen LogP contribution in [0.3, 0.4) is 0 Å². The highest BCUT2D eigenvalue weighted by atomic mass is 127. The third kappa shape index (κ3) is 6.77. The van der Waals surface area contributed by atoms with Crippen molar-refractivity contribution in [2.45, 2.75) is 39.3 Å². The van der Waals surface area contributed by atoms with Crippen LogP contribution in [-0.2, 0) is 11.3 Å². The van der Waals surface area contributed by atoms with Crippen molar-refractivity contribution in [1.82, 2.24) is 25.4 Å². The average Bonchev–Trinajstić information content (AvgIpc) is 3.31. The zero-order valence-electron chi connectivity index (χ0n) is 19.3. The summed E-state index contributed by atoms with van der Waals surface area (Å²) in [6.45, 7) is 7.03. The molecule has 176 valence electrons. The molecular formula is C25H33IN6O. The van der Waals surface area contributed by atoms with Crippen LogP contribution in [-0.4, -0.2) is 40.4 Å². The number of rotatable bonds is 7. The summed E-state index contributed by atoms with van der Waals surface area (Å²) in [5.74, 6) is 1.97. The second kappa shape index (κ2) is 12.7. The van der Waals surface area contributed by atoms with E-state index >= 15 is 0 Å². The number of hydrogen-bond donors (Lipinski definition) is 2. The van der Waals surface area contributed by atoms with E-state index in [1.165, 1.54) is 11.1 Å². The van der Waals surface area contributed by atoms with E-state index in [4.69, 9.17) is 9.73 Å². The molecule has 0 amide bonds. The number of aryl methyl sites for hydroxylation is 1. The maximum atomic E-state index is 6.17. The van der Waals surface area contributed by atoms with Gasteiger partial charge in [-0.05, 0) is 44.4 Å². The fourth-order valence-corrected chi connectivity index (χ4v) is 4.07. The number of para-hydroxylation sites is 1. The Bertz CT molecular complexity index is 1010. The summed E-state index contributed by atoms with van der Waals surface area (Å²) in [5.41, 5.74) is 3.55. The van der Waals surface area contributed by atoms with Crippen LogP contribution in [0.5, 0.6) is 0 Å². The van der Waals surface area contributed by atoms with Gasteiger partial charge in [-0.2, -0.15) is 0 Å². The minimum Gasteiger partial charge on any atom is -0.373 e. The highest BCUT2D eigenvalue weighted by molar-refractivity contribution is 14.0. The van der Waals surface area contributed by atoms with Crippen molar-refractivity contribution < 1.29 is 4.74 Å². The van der Waals surface area contributed by atoms with Crippen LogP contribution < -0.4 is 10.6 Å². The summed E-state index contributed by atoms with van der Waals surface area (Å²) >= 11 is 0. The van der Waals surface area contributed by atoms with Crippen molar-refractivity contribution in [2.24, 2.45) is 10.9 Å². The standard InChI is InChI=1S/C25H32N6O.HI/c1-3-26-25(28-17-23-30-29-18-31(23)22-9-5-4-6-10-22)27-16-21-8-7-15-32-24(21)20-13-11-19(2)12-14-20;/h4-6,9-14,18,21,24H,3,7-8,15-17H2,1-2H3,(H2,26,27,28);1H. The molecule has 0 bridgehead atoms. The first-order chi connectivity index (χ1) is 15.7. The Morgan fingerprint density at radius 2 is 1.91 bits per heavy atom. The van der Waals surface area contributed by atoms with Crippen LogP contribution in [0.25, 0.3) is 5.69 Å². The highest BCUT2D eigenvalue weighted by Gasteiger charge is 2.27. The minimum atomic E-state index is 0. The molecule has 0 saturated carbocycles. The zero-order chi connectivity index (χ0) is 22.2. The monoisotopic (exact) mass is 560 g/mol. The molecule has 2 atom stereocenters. The summed E-state index contributed by atoms with van der Waals surface area (Å²) in [6, 6.07) is 18.8. The van der Waals surface area contributed by atoms with Crippen molar-refractivity contribution in [3.8, 4) is 5.69 Å². The highest BCUT2D eigenvalue weighted by Crippen LogP contribution is 2.33. The quantitative estimate of drug-likeness (QED) is 0.254. The number of aliphatic imine (C=N–C) groups is 1. The SMILES string of the molecule is CCNC(=NCc1nncn1-c1ccccc1)NCC1CCCOC1c1ccc(C)cc1.I. The predicted molar refractivity (Wildman–Crippen MR) is 142 cm³/mol. The number of benzene rings is 2. The van der Waals surface area contributed by atoms with E-state index < -0.39 is 0 Å². The van der Waals surface area contributed by atoms with Crippen molar-refractivity contribution in [3.63, 3.8) is 0 Å². The number of aromatic nitrogens is 3. The Balaban J connectivity index is 0.00000306. The van der Waals surface area contributed by atoms with Gasteiger partial charge in [-0.25, -0.2) is 4.99 Å². The Kier molecular flexibility index (Phi) is 9.68. The molecule has 8 heteroatoms. The van der Waals surface area contributed by atoms with Crippen molar-refractivity contribution in [1.29, 1.82) is 0 Å². The second-order valence-corrected chi connectivity index (χ2v) is 8.13. The predicted octanol–water partition coefficient (Wildman–Crippen LogP) is 4.42. The molecular weight excluding hydrogens is 527 g/mol. The first-order valence-corrected chi connectivity index (χ1v) is 11.4. The van der Waals surface area contributed by atoms with Crippen molar-refractivity contribution >= 4 is 29.9 Å². The molecule has 4 rings (SSSR count). The number of guanidine groups is 1. The van der Waals surface area contributed by atoms with Gasteiger partial charge in [-0.3, -0.25) is 4.57 Å². The minimum absolute atomic E-state index is 0. The van der Waals surface area contributed by atoms with E-state index in [2.05, 4.69) is 58.9 Å². The number of ether oxygens (including phenoxy) is 1. The number of nitrogens with zero attached hydrogens (tertiary/aromatic N) is 4. The fourth-order valence-electron chi connectivity index (χ4n) is 4.07. The van der Waals surface area contributed by atoms with Crippen LogP contribution in [0, 0.1) is 12.8 Å². The van der Waals surface area contributed by atoms with Gasteiger partial charge in [0.15, 0.2) is 11.8 Å². The summed E-state index contributed by atoms with van der Waals surface area (Å²) < 4.78 is 8.14. The Labute approximate surface area is 213 Å². The van der Waals surface area contributed by atoms with Crippen LogP contribution in [0.1, 0.15) is 42.8 Å². The van der Waals surface area contributed by atoms with E-state index in [1.807, 2.05) is 34.9 Å². The molecule has 1 aliphatic rings. The molecule has 1 aliphatic heterocycles. The van der Waals surface area contributed by atoms with Gasteiger partial charge in [-0.1, -0.05) is 48.0 Å². The smallest absolute Gasteiger partial charge is 0.191 e. The van der Waals surface area contributed by atoms with Gasteiger partial charge in [0.1, 0.15) is 12.9 Å². The number of hydrogen-bond acceptors (Lipinski definition) is 4. The lowest BCUT2D eigenvalue weighted by Crippen LogP contribution is -2.42. The largest absolute Gasteiger partial charge is 0.373 e. The topological polar surface area (TPSA) is 76.4 Å². The van der Waals surface area contributed by atoms with E-state index in [0.29, 0.717) is 12.5 Å². The Hall–Kier alpha value is -2.46. The summed E-state index contributed by atoms with van der Waals surface area (Å²) in [4.78, 5) is 4.77. The van der Waals surface area contributed by atoms with Crippen molar-refractivity contribution in [2.75, 3.05) is 19.7 Å². The normalized spacial score (nSPS) is 18.4. The first kappa shape index (κ1) is 25.2. The fraction of sp³-hybridized carbons (Fsp3) is 0.400. The third-order valence-electron chi connectivity index (χ3n) is 5.76. The summed E-state index contributed by atoms with van der Waals surface area (Å²) in [5, 5.41) is 15.2. The molecule has 2 unspecified atom stereocenters. The van der Waals surface area contributed by atoms with E-state index in [1.54, 1.807) is 6.33 Å². The molecule has 33 heavy (non-hydrogen) atoms. The van der Waals surface area contributed by atoms with E-state index in [9.17, 15) is 0 Å². The maximum absolute atomic E-state index is 6.17. The molecule has 2 heterocycles. The molecule has 2 N–H and O–H groups in total. The maximum Gasteiger partial charge on any atom is 0.191 e. The number of nitrogens with one attached hydrogen (secondary N) is 2. The van der Waals surface area contributed by atoms with E-state index in [-0.39, 0.29) is 30.1 Å². The lowest BCUT2D eigenvalue weighted by molar-refractivity contribution is -0.0265. The van der Waals surface area contributed by atoms with Gasteiger partial charge in [-0.15, -0.1) is 34.2 Å².